The lowest BCUT2D eigenvalue weighted by molar-refractivity contribution is 0.0706. The number of aryl methyl sites for hydroxylation is 2. The molecule has 3 N–H and O–H groups in total. The normalized spacial score (nSPS) is 15.3. The molecule has 0 fully saturated rings. The topological polar surface area (TPSA) is 108 Å². The zero-order valence-electron chi connectivity index (χ0n) is 17.9. The lowest BCUT2D eigenvalue weighted by Gasteiger charge is -2.26. The molecule has 0 spiro atoms. The Morgan fingerprint density at radius 3 is 2.52 bits per heavy atom. The van der Waals surface area contributed by atoms with E-state index in [0.717, 1.165) is 16.7 Å². The van der Waals surface area contributed by atoms with Gasteiger partial charge in [0.2, 0.25) is 0 Å². The lowest BCUT2D eigenvalue weighted by Crippen LogP contribution is -2.32. The number of β-amino-alcohol motifs (C(OH)–C–C–N with tert-alkyl or cyclic N) is 1. The van der Waals surface area contributed by atoms with Crippen LogP contribution in [0.25, 0.3) is 11.3 Å². The van der Waals surface area contributed by atoms with Crippen molar-refractivity contribution in [2.24, 2.45) is 0 Å². The Morgan fingerprint density at radius 1 is 1.13 bits per heavy atom. The minimum atomic E-state index is -0.511. The summed E-state index contributed by atoms with van der Waals surface area (Å²) in [5.74, 6) is 0.950. The van der Waals surface area contributed by atoms with E-state index in [0.29, 0.717) is 34.0 Å². The Morgan fingerprint density at radius 2 is 1.87 bits per heavy atom. The summed E-state index contributed by atoms with van der Waals surface area (Å²) in [6, 6.07) is 8.58. The maximum Gasteiger partial charge on any atom is 0.273 e. The van der Waals surface area contributed by atoms with E-state index in [1.54, 1.807) is 31.3 Å². The number of aromatic amines is 1. The Balaban J connectivity index is 1.94. The third-order valence-electron chi connectivity index (χ3n) is 5.62. The zero-order chi connectivity index (χ0) is 22.3. The standard InChI is InChI=1S/C23H25N3O5/c1-12-9-13(2)18(15(28)10-12)20-19-21(25-24-20)23(29)26(7-8-27)22(19)14-5-6-16(30-3)17(11-14)31-4/h5-6,9-11,22,27-28H,7-8H2,1-4H3,(H,24,25)/t22-/m1/s1. The van der Waals surface area contributed by atoms with Crippen molar-refractivity contribution in [1.29, 1.82) is 0 Å². The molecule has 0 saturated carbocycles. The summed E-state index contributed by atoms with van der Waals surface area (Å²) in [5, 5.41) is 27.6. The fraction of sp³-hybridized carbons (Fsp3) is 0.304. The van der Waals surface area contributed by atoms with Crippen LogP contribution in [0.1, 0.15) is 38.8 Å². The molecular weight excluding hydrogens is 398 g/mol. The van der Waals surface area contributed by atoms with Crippen molar-refractivity contribution in [3.63, 3.8) is 0 Å². The highest BCUT2D eigenvalue weighted by molar-refractivity contribution is 6.00. The number of rotatable bonds is 6. The number of carbonyl (C=O) groups is 1. The second-order valence-electron chi connectivity index (χ2n) is 7.58. The lowest BCUT2D eigenvalue weighted by atomic mass is 9.93. The molecular formula is C23H25N3O5. The highest BCUT2D eigenvalue weighted by Gasteiger charge is 2.42. The van der Waals surface area contributed by atoms with Crippen LogP contribution in [0.3, 0.4) is 0 Å². The van der Waals surface area contributed by atoms with Crippen LogP contribution in [0.4, 0.5) is 0 Å². The molecule has 1 aliphatic rings. The third kappa shape index (κ3) is 3.29. The molecule has 0 unspecified atom stereocenters. The number of aromatic nitrogens is 2. The van der Waals surface area contributed by atoms with Crippen molar-refractivity contribution in [3.05, 3.63) is 58.3 Å². The van der Waals surface area contributed by atoms with Crippen LogP contribution in [0.5, 0.6) is 17.2 Å². The highest BCUT2D eigenvalue weighted by Crippen LogP contribution is 2.46. The number of phenols is 1. The molecule has 0 bridgehead atoms. The summed E-state index contributed by atoms with van der Waals surface area (Å²) in [4.78, 5) is 14.7. The molecule has 31 heavy (non-hydrogen) atoms. The average molecular weight is 423 g/mol. The third-order valence-corrected chi connectivity index (χ3v) is 5.62. The number of amides is 1. The predicted molar refractivity (Wildman–Crippen MR) is 115 cm³/mol. The van der Waals surface area contributed by atoms with Crippen molar-refractivity contribution in [1.82, 2.24) is 15.1 Å². The van der Waals surface area contributed by atoms with Gasteiger partial charge in [0.25, 0.3) is 5.91 Å². The number of hydrogen-bond donors (Lipinski definition) is 3. The molecule has 1 aromatic heterocycles. The van der Waals surface area contributed by atoms with Crippen LogP contribution >= 0.6 is 0 Å². The summed E-state index contributed by atoms with van der Waals surface area (Å²) >= 11 is 0. The molecule has 2 heterocycles. The van der Waals surface area contributed by atoms with Gasteiger partial charge in [-0.2, -0.15) is 5.10 Å². The fourth-order valence-corrected chi connectivity index (χ4v) is 4.35. The molecule has 1 amide bonds. The minimum absolute atomic E-state index is 0.103. The van der Waals surface area contributed by atoms with Gasteiger partial charge in [0.15, 0.2) is 11.5 Å². The largest absolute Gasteiger partial charge is 0.507 e. The Bertz CT molecular complexity index is 1130. The summed E-state index contributed by atoms with van der Waals surface area (Å²) in [6.07, 6.45) is 0. The summed E-state index contributed by atoms with van der Waals surface area (Å²) in [6.45, 7) is 3.78. The molecule has 8 nitrogen and oxygen atoms in total. The van der Waals surface area contributed by atoms with Crippen molar-refractivity contribution in [2.75, 3.05) is 27.4 Å². The second-order valence-corrected chi connectivity index (χ2v) is 7.58. The van der Waals surface area contributed by atoms with Crippen LogP contribution in [-0.2, 0) is 0 Å². The van der Waals surface area contributed by atoms with Gasteiger partial charge in [0, 0.05) is 17.7 Å². The monoisotopic (exact) mass is 423 g/mol. The van der Waals surface area contributed by atoms with Gasteiger partial charge < -0.3 is 24.6 Å². The molecule has 0 radical (unpaired) electrons. The number of carbonyl (C=O) groups excluding carboxylic acids is 1. The first-order valence-corrected chi connectivity index (χ1v) is 9.93. The maximum atomic E-state index is 13.1. The number of methoxy groups -OCH3 is 2. The molecule has 0 saturated heterocycles. The predicted octanol–water partition coefficient (Wildman–Crippen LogP) is 2.95. The van der Waals surface area contributed by atoms with Crippen molar-refractivity contribution in [2.45, 2.75) is 19.9 Å². The number of H-pyrrole nitrogens is 1. The van der Waals surface area contributed by atoms with Gasteiger partial charge in [0.1, 0.15) is 17.1 Å². The Hall–Kier alpha value is -3.52. The molecule has 162 valence electrons. The number of nitrogens with one attached hydrogen (secondary N) is 1. The number of aromatic hydroxyl groups is 1. The minimum Gasteiger partial charge on any atom is -0.507 e. The molecule has 2 aromatic carbocycles. The van der Waals surface area contributed by atoms with E-state index < -0.39 is 6.04 Å². The van der Waals surface area contributed by atoms with E-state index >= 15 is 0 Å². The van der Waals surface area contributed by atoms with E-state index in [1.807, 2.05) is 32.0 Å². The SMILES string of the molecule is COc1ccc([C@@H]2c3c(-c4c(C)cc(C)cc4O)n[nH]c3C(=O)N2CCO)cc1OC. The number of aliphatic hydroxyl groups excluding tert-OH is 1. The fourth-order valence-electron chi connectivity index (χ4n) is 4.35. The number of benzene rings is 2. The summed E-state index contributed by atoms with van der Waals surface area (Å²) < 4.78 is 10.8. The van der Waals surface area contributed by atoms with E-state index in [2.05, 4.69) is 10.2 Å². The van der Waals surface area contributed by atoms with Crippen LogP contribution in [0, 0.1) is 13.8 Å². The zero-order valence-corrected chi connectivity index (χ0v) is 17.9. The molecule has 8 heteroatoms. The number of fused-ring (bicyclic) bond motifs is 1. The van der Waals surface area contributed by atoms with Crippen molar-refractivity contribution in [3.8, 4) is 28.5 Å². The van der Waals surface area contributed by atoms with Crippen LogP contribution < -0.4 is 9.47 Å². The van der Waals surface area contributed by atoms with E-state index in [1.165, 1.54) is 0 Å². The smallest absolute Gasteiger partial charge is 0.273 e. The number of ether oxygens (including phenoxy) is 2. The van der Waals surface area contributed by atoms with Crippen LogP contribution in [0.15, 0.2) is 30.3 Å². The average Bonchev–Trinajstić information content (AvgIpc) is 3.27. The number of nitrogens with zero attached hydrogens (tertiary/aromatic N) is 2. The van der Waals surface area contributed by atoms with Crippen LogP contribution in [0.2, 0.25) is 0 Å². The highest BCUT2D eigenvalue weighted by atomic mass is 16.5. The van der Waals surface area contributed by atoms with Crippen LogP contribution in [-0.4, -0.2) is 58.6 Å². The first-order valence-electron chi connectivity index (χ1n) is 9.93. The van der Waals surface area contributed by atoms with E-state index in [-0.39, 0.29) is 24.8 Å². The molecule has 1 atom stereocenters. The molecule has 3 aromatic rings. The van der Waals surface area contributed by atoms with Gasteiger partial charge in [-0.3, -0.25) is 9.89 Å². The van der Waals surface area contributed by atoms with E-state index in [9.17, 15) is 15.0 Å². The summed E-state index contributed by atoms with van der Waals surface area (Å²) in [7, 11) is 3.11. The number of phenolic OH excluding ortho intramolecular Hbond substituents is 1. The van der Waals surface area contributed by atoms with Gasteiger partial charge in [-0.1, -0.05) is 12.1 Å². The first kappa shape index (κ1) is 20.7. The first-order chi connectivity index (χ1) is 14.9. The van der Waals surface area contributed by atoms with E-state index in [4.69, 9.17) is 9.47 Å². The molecule has 1 aliphatic heterocycles. The number of hydrogen-bond acceptors (Lipinski definition) is 6. The van der Waals surface area contributed by atoms with Gasteiger partial charge in [-0.05, 0) is 48.7 Å². The maximum absolute atomic E-state index is 13.1. The molecule has 4 rings (SSSR count). The number of aliphatic hydroxyl groups is 1. The van der Waals surface area contributed by atoms with Gasteiger partial charge in [0.05, 0.1) is 26.9 Å². The quantitative estimate of drug-likeness (QED) is 0.563. The van der Waals surface area contributed by atoms with Crippen molar-refractivity contribution >= 4 is 5.91 Å². The second kappa shape index (κ2) is 7.96. The Kier molecular flexibility index (Phi) is 5.32. The molecule has 0 aliphatic carbocycles. The van der Waals surface area contributed by atoms with Gasteiger partial charge >= 0.3 is 0 Å². The van der Waals surface area contributed by atoms with Gasteiger partial charge in [-0.15, -0.1) is 0 Å². The Labute approximate surface area is 180 Å². The van der Waals surface area contributed by atoms with Gasteiger partial charge in [-0.25, -0.2) is 0 Å². The van der Waals surface area contributed by atoms with Crippen molar-refractivity contribution < 1.29 is 24.5 Å². The summed E-state index contributed by atoms with van der Waals surface area (Å²) in [5.41, 5.74) is 4.66.